The number of urea groups is 1. The first-order chi connectivity index (χ1) is 10.7. The molecule has 128 valence electrons. The Morgan fingerprint density at radius 1 is 1.35 bits per heavy atom. The second-order valence-electron chi connectivity index (χ2n) is 5.82. The number of hydrogen-bond donors (Lipinski definition) is 3. The first kappa shape index (κ1) is 17.4. The minimum absolute atomic E-state index is 0.0451. The van der Waals surface area contributed by atoms with E-state index in [0.29, 0.717) is 12.1 Å². The van der Waals surface area contributed by atoms with Crippen LogP contribution in [0.4, 0.5) is 18.0 Å². The molecule has 23 heavy (non-hydrogen) atoms. The van der Waals surface area contributed by atoms with Crippen LogP contribution in [0, 0.1) is 5.41 Å². The number of ether oxygens (including phenoxy) is 1. The van der Waals surface area contributed by atoms with Gasteiger partial charge in [0.2, 0.25) is 0 Å². The number of aliphatic hydroxyl groups excluding tert-OH is 1. The molecule has 1 aliphatic carbocycles. The van der Waals surface area contributed by atoms with Crippen molar-refractivity contribution in [3.05, 3.63) is 29.8 Å². The number of hydrogen-bond acceptors (Lipinski definition) is 3. The van der Waals surface area contributed by atoms with Gasteiger partial charge in [0.05, 0.1) is 12.6 Å². The quantitative estimate of drug-likeness (QED) is 0.750. The predicted octanol–water partition coefficient (Wildman–Crippen LogP) is 2.72. The highest BCUT2D eigenvalue weighted by Gasteiger charge is 2.42. The Bertz CT molecular complexity index is 542. The van der Waals surface area contributed by atoms with E-state index in [1.54, 1.807) is 6.92 Å². The average Bonchev–Trinajstić information content (AvgIpc) is 3.25. The fourth-order valence-electron chi connectivity index (χ4n) is 2.12. The number of amides is 2. The molecule has 1 saturated carbocycles. The van der Waals surface area contributed by atoms with Crippen molar-refractivity contribution in [1.82, 2.24) is 10.6 Å². The first-order valence-corrected chi connectivity index (χ1v) is 7.24. The number of carbonyl (C=O) groups is 1. The van der Waals surface area contributed by atoms with Gasteiger partial charge in [-0.1, -0.05) is 12.1 Å². The summed E-state index contributed by atoms with van der Waals surface area (Å²) in [5.74, 6) is -0.309. The minimum Gasteiger partial charge on any atom is -0.406 e. The molecule has 1 unspecified atom stereocenters. The monoisotopic (exact) mass is 332 g/mol. The molecule has 1 fully saturated rings. The second-order valence-corrected chi connectivity index (χ2v) is 5.82. The van der Waals surface area contributed by atoms with E-state index in [-0.39, 0.29) is 29.8 Å². The molecule has 0 saturated heterocycles. The van der Waals surface area contributed by atoms with Crippen molar-refractivity contribution in [1.29, 1.82) is 0 Å². The molecule has 2 rings (SSSR count). The van der Waals surface area contributed by atoms with Gasteiger partial charge in [-0.3, -0.25) is 0 Å². The molecule has 1 atom stereocenters. The summed E-state index contributed by atoms with van der Waals surface area (Å²) >= 11 is 0. The van der Waals surface area contributed by atoms with Crippen molar-refractivity contribution >= 4 is 6.03 Å². The standard InChI is InChI=1S/C15H19F3N2O3/c1-10(20-13(22)19-8-14(9-21)6-7-14)11-2-4-12(5-3-11)23-15(16,17)18/h2-5,10,21H,6-9H2,1H3,(H2,19,20,22). The Morgan fingerprint density at radius 2 is 1.96 bits per heavy atom. The molecule has 3 N–H and O–H groups in total. The Labute approximate surface area is 131 Å². The normalized spacial score (nSPS) is 17.3. The van der Waals surface area contributed by atoms with Crippen LogP contribution in [0.1, 0.15) is 31.4 Å². The Morgan fingerprint density at radius 3 is 2.43 bits per heavy atom. The van der Waals surface area contributed by atoms with E-state index in [1.165, 1.54) is 24.3 Å². The largest absolute Gasteiger partial charge is 0.573 e. The van der Waals surface area contributed by atoms with E-state index in [2.05, 4.69) is 15.4 Å². The molecule has 0 aromatic heterocycles. The van der Waals surface area contributed by atoms with E-state index in [4.69, 9.17) is 0 Å². The van der Waals surface area contributed by atoms with Gasteiger partial charge in [0.1, 0.15) is 5.75 Å². The lowest BCUT2D eigenvalue weighted by atomic mass is 10.1. The minimum atomic E-state index is -4.73. The van der Waals surface area contributed by atoms with E-state index in [9.17, 15) is 23.1 Å². The van der Waals surface area contributed by atoms with Gasteiger partial charge in [0, 0.05) is 12.0 Å². The zero-order valence-corrected chi connectivity index (χ0v) is 12.6. The first-order valence-electron chi connectivity index (χ1n) is 7.24. The Balaban J connectivity index is 1.82. The number of rotatable bonds is 6. The van der Waals surface area contributed by atoms with Crippen LogP contribution in [-0.4, -0.2) is 30.7 Å². The van der Waals surface area contributed by atoms with E-state index in [0.717, 1.165) is 12.8 Å². The summed E-state index contributed by atoms with van der Waals surface area (Å²) in [5, 5.41) is 14.6. The molecule has 2 amide bonds. The maximum Gasteiger partial charge on any atom is 0.573 e. The third kappa shape index (κ3) is 5.31. The fraction of sp³-hybridized carbons (Fsp3) is 0.533. The van der Waals surface area contributed by atoms with Gasteiger partial charge in [-0.05, 0) is 37.5 Å². The zero-order chi connectivity index (χ0) is 17.1. The SMILES string of the molecule is CC(NC(=O)NCC1(CO)CC1)c1ccc(OC(F)(F)F)cc1. The number of aliphatic hydroxyl groups is 1. The van der Waals surface area contributed by atoms with Gasteiger partial charge < -0.3 is 20.5 Å². The van der Waals surface area contributed by atoms with Crippen LogP contribution in [0.25, 0.3) is 0 Å². The van der Waals surface area contributed by atoms with E-state index >= 15 is 0 Å². The number of nitrogens with one attached hydrogen (secondary N) is 2. The lowest BCUT2D eigenvalue weighted by molar-refractivity contribution is -0.274. The Kier molecular flexibility index (Phi) is 5.03. The smallest absolute Gasteiger partial charge is 0.406 e. The number of carbonyl (C=O) groups excluding carboxylic acids is 1. The van der Waals surface area contributed by atoms with E-state index in [1.807, 2.05) is 0 Å². The highest BCUT2D eigenvalue weighted by Crippen LogP contribution is 2.44. The van der Waals surface area contributed by atoms with Crippen LogP contribution in [0.5, 0.6) is 5.75 Å². The van der Waals surface area contributed by atoms with Crippen LogP contribution >= 0.6 is 0 Å². The van der Waals surface area contributed by atoms with Crippen LogP contribution < -0.4 is 15.4 Å². The van der Waals surface area contributed by atoms with Gasteiger partial charge in [0.25, 0.3) is 0 Å². The predicted molar refractivity (Wildman–Crippen MR) is 76.8 cm³/mol. The highest BCUT2D eigenvalue weighted by molar-refractivity contribution is 5.74. The van der Waals surface area contributed by atoms with Crippen LogP contribution in [-0.2, 0) is 0 Å². The molecule has 1 aromatic rings. The molecule has 1 aliphatic rings. The molecule has 5 nitrogen and oxygen atoms in total. The summed E-state index contributed by atoms with van der Waals surface area (Å²) in [6.45, 7) is 2.17. The van der Waals surface area contributed by atoms with Crippen molar-refractivity contribution in [3.63, 3.8) is 0 Å². The fourth-order valence-corrected chi connectivity index (χ4v) is 2.12. The summed E-state index contributed by atoms with van der Waals surface area (Å²) in [4.78, 5) is 11.8. The summed E-state index contributed by atoms with van der Waals surface area (Å²) in [7, 11) is 0. The average molecular weight is 332 g/mol. The van der Waals surface area contributed by atoms with Crippen LogP contribution in [0.2, 0.25) is 0 Å². The second kappa shape index (κ2) is 6.66. The van der Waals surface area contributed by atoms with Crippen LogP contribution in [0.3, 0.4) is 0 Å². The van der Waals surface area contributed by atoms with Crippen LogP contribution in [0.15, 0.2) is 24.3 Å². The topological polar surface area (TPSA) is 70.6 Å². The molecule has 0 heterocycles. The van der Waals surface area contributed by atoms with Crippen molar-refractivity contribution in [2.75, 3.05) is 13.2 Å². The Hall–Kier alpha value is -1.96. The third-order valence-electron chi connectivity index (χ3n) is 3.88. The molecule has 0 spiro atoms. The van der Waals surface area contributed by atoms with Gasteiger partial charge in [0.15, 0.2) is 0 Å². The summed E-state index contributed by atoms with van der Waals surface area (Å²) in [6, 6.07) is 4.56. The molecule has 1 aromatic carbocycles. The highest BCUT2D eigenvalue weighted by atomic mass is 19.4. The maximum atomic E-state index is 12.1. The lowest BCUT2D eigenvalue weighted by Gasteiger charge is -2.18. The number of halogens is 3. The van der Waals surface area contributed by atoms with Gasteiger partial charge in [-0.15, -0.1) is 13.2 Å². The van der Waals surface area contributed by atoms with Gasteiger partial charge >= 0.3 is 12.4 Å². The number of alkyl halides is 3. The summed E-state index contributed by atoms with van der Waals surface area (Å²) < 4.78 is 40.0. The summed E-state index contributed by atoms with van der Waals surface area (Å²) in [6.07, 6.45) is -2.95. The molecular formula is C15H19F3N2O3. The van der Waals surface area contributed by atoms with Gasteiger partial charge in [-0.2, -0.15) is 0 Å². The molecule has 0 bridgehead atoms. The van der Waals surface area contributed by atoms with Crippen molar-refractivity contribution in [2.45, 2.75) is 32.2 Å². The summed E-state index contributed by atoms with van der Waals surface area (Å²) in [5.41, 5.74) is 0.468. The maximum absolute atomic E-state index is 12.1. The number of benzene rings is 1. The van der Waals surface area contributed by atoms with Crippen molar-refractivity contribution in [2.24, 2.45) is 5.41 Å². The molecular weight excluding hydrogens is 313 g/mol. The lowest BCUT2D eigenvalue weighted by Crippen LogP contribution is -2.40. The van der Waals surface area contributed by atoms with Gasteiger partial charge in [-0.25, -0.2) is 4.79 Å². The molecule has 0 radical (unpaired) electrons. The third-order valence-corrected chi connectivity index (χ3v) is 3.88. The van der Waals surface area contributed by atoms with Crippen molar-refractivity contribution < 1.29 is 27.8 Å². The van der Waals surface area contributed by atoms with Crippen molar-refractivity contribution in [3.8, 4) is 5.75 Å². The molecule has 0 aliphatic heterocycles. The van der Waals surface area contributed by atoms with E-state index < -0.39 is 6.36 Å². The zero-order valence-electron chi connectivity index (χ0n) is 12.6. The molecule has 8 heteroatoms.